The fourth-order valence-electron chi connectivity index (χ4n) is 3.70. The summed E-state index contributed by atoms with van der Waals surface area (Å²) < 4.78 is 14.4. The van der Waals surface area contributed by atoms with Crippen LogP contribution in [0.3, 0.4) is 0 Å². The molecule has 168 valence electrons. The van der Waals surface area contributed by atoms with Crippen LogP contribution in [0.25, 0.3) is 21.8 Å². The van der Waals surface area contributed by atoms with Crippen LogP contribution >= 0.6 is 11.6 Å². The maximum atomic E-state index is 14.4. The number of amides is 1. The number of halogens is 2. The van der Waals surface area contributed by atoms with Crippen LogP contribution in [0.15, 0.2) is 61.2 Å². The number of nitrogen functional groups attached to an aromatic ring is 1. The Labute approximate surface area is 198 Å². The fourth-order valence-corrected chi connectivity index (χ4v) is 3.88. The highest BCUT2D eigenvalue weighted by molar-refractivity contribution is 6.31. The number of nitrogens with two attached hydrogens (primary N) is 1. The molecule has 0 unspecified atom stereocenters. The van der Waals surface area contributed by atoms with Crippen molar-refractivity contribution < 1.29 is 9.18 Å². The van der Waals surface area contributed by atoms with Gasteiger partial charge in [0, 0.05) is 23.2 Å². The molecule has 0 radical (unpaired) electrons. The van der Waals surface area contributed by atoms with Crippen molar-refractivity contribution >= 4 is 62.3 Å². The Bertz CT molecular complexity index is 1590. The van der Waals surface area contributed by atoms with Gasteiger partial charge in [-0.25, -0.2) is 19.3 Å². The molecular formula is C24H17ClFN7O. The molecule has 0 aliphatic heterocycles. The quantitative estimate of drug-likeness (QED) is 0.326. The largest absolute Gasteiger partial charge is 0.382 e. The van der Waals surface area contributed by atoms with Gasteiger partial charge < -0.3 is 16.4 Å². The summed E-state index contributed by atoms with van der Waals surface area (Å²) in [6, 6.07) is 11.7. The highest BCUT2D eigenvalue weighted by atomic mass is 35.5. The molecule has 5 rings (SSSR count). The van der Waals surface area contributed by atoms with Gasteiger partial charge in [0.1, 0.15) is 23.2 Å². The van der Waals surface area contributed by atoms with E-state index in [2.05, 4.69) is 30.6 Å². The topological polar surface area (TPSA) is 119 Å². The minimum absolute atomic E-state index is 0.00283. The maximum Gasteiger partial charge on any atom is 0.258 e. The smallest absolute Gasteiger partial charge is 0.258 e. The summed E-state index contributed by atoms with van der Waals surface area (Å²) in [4.78, 5) is 29.9. The number of carbonyl (C=O) groups is 1. The van der Waals surface area contributed by atoms with Crippen molar-refractivity contribution in [1.29, 1.82) is 0 Å². The molecule has 0 bridgehead atoms. The van der Waals surface area contributed by atoms with E-state index in [0.717, 1.165) is 10.9 Å². The lowest BCUT2D eigenvalue weighted by atomic mass is 10.0. The molecule has 5 aromatic rings. The van der Waals surface area contributed by atoms with E-state index in [1.165, 1.54) is 18.6 Å². The Balaban J connectivity index is 1.57. The molecule has 0 fully saturated rings. The van der Waals surface area contributed by atoms with Crippen molar-refractivity contribution in [2.75, 3.05) is 16.4 Å². The molecule has 0 aliphatic rings. The number of nitrogens with one attached hydrogen (secondary N) is 2. The molecule has 3 heterocycles. The molecule has 34 heavy (non-hydrogen) atoms. The highest BCUT2D eigenvalue weighted by Gasteiger charge is 2.17. The number of nitrogens with zero attached hydrogens (tertiary/aromatic N) is 4. The number of benzene rings is 2. The maximum absolute atomic E-state index is 14.4. The van der Waals surface area contributed by atoms with Crippen LogP contribution in [-0.4, -0.2) is 25.8 Å². The minimum atomic E-state index is -0.575. The van der Waals surface area contributed by atoms with Gasteiger partial charge in [0.2, 0.25) is 0 Å². The van der Waals surface area contributed by atoms with E-state index in [1.807, 2.05) is 19.1 Å². The third kappa shape index (κ3) is 3.71. The third-order valence-electron chi connectivity index (χ3n) is 5.39. The molecule has 4 N–H and O–H groups in total. The summed E-state index contributed by atoms with van der Waals surface area (Å²) >= 11 is 5.91. The summed E-state index contributed by atoms with van der Waals surface area (Å²) in [5.41, 5.74) is 8.51. The van der Waals surface area contributed by atoms with Gasteiger partial charge in [0.25, 0.3) is 5.91 Å². The molecule has 0 atom stereocenters. The van der Waals surface area contributed by atoms with Crippen LogP contribution in [0, 0.1) is 12.7 Å². The fraction of sp³-hybridized carbons (Fsp3) is 0.0417. The number of aromatic nitrogens is 4. The van der Waals surface area contributed by atoms with Gasteiger partial charge in [0.05, 0.1) is 22.0 Å². The Kier molecular flexibility index (Phi) is 5.39. The van der Waals surface area contributed by atoms with Crippen LogP contribution < -0.4 is 16.4 Å². The molecule has 8 nitrogen and oxygen atoms in total. The third-order valence-corrected chi connectivity index (χ3v) is 5.68. The number of rotatable bonds is 4. The zero-order chi connectivity index (χ0) is 23.8. The minimum Gasteiger partial charge on any atom is -0.382 e. The van der Waals surface area contributed by atoms with E-state index in [-0.39, 0.29) is 22.4 Å². The molecular weight excluding hydrogens is 457 g/mol. The molecule has 0 saturated carbocycles. The van der Waals surface area contributed by atoms with Crippen molar-refractivity contribution in [3.05, 3.63) is 83.2 Å². The number of pyridine rings is 2. The summed E-state index contributed by atoms with van der Waals surface area (Å²) in [6.07, 6.45) is 4.36. The van der Waals surface area contributed by atoms with E-state index in [9.17, 15) is 9.18 Å². The normalized spacial score (nSPS) is 11.0. The van der Waals surface area contributed by atoms with Crippen molar-refractivity contribution in [1.82, 2.24) is 19.9 Å². The lowest BCUT2D eigenvalue weighted by Crippen LogP contribution is -2.15. The van der Waals surface area contributed by atoms with Gasteiger partial charge in [-0.3, -0.25) is 9.78 Å². The van der Waals surface area contributed by atoms with E-state index in [0.29, 0.717) is 33.5 Å². The lowest BCUT2D eigenvalue weighted by Gasteiger charge is -2.15. The number of carbonyl (C=O) groups excluding carboxylic acids is 1. The number of fused-ring (bicyclic) bond motifs is 2. The Morgan fingerprint density at radius 3 is 2.65 bits per heavy atom. The summed E-state index contributed by atoms with van der Waals surface area (Å²) in [6.45, 7) is 1.88. The molecule has 0 aliphatic carbocycles. The zero-order valence-corrected chi connectivity index (χ0v) is 18.6. The SMILES string of the molecule is Cc1ccc2c(Nc3cccc(Cl)c3F)nccc2c1NC(=O)c1ccnc2c(N)ncnc12. The van der Waals surface area contributed by atoms with Crippen molar-refractivity contribution in [3.63, 3.8) is 0 Å². The second kappa shape index (κ2) is 8.53. The second-order valence-electron chi connectivity index (χ2n) is 7.51. The number of hydrogen-bond donors (Lipinski definition) is 3. The molecule has 1 amide bonds. The van der Waals surface area contributed by atoms with Crippen molar-refractivity contribution in [3.8, 4) is 0 Å². The van der Waals surface area contributed by atoms with Crippen molar-refractivity contribution in [2.45, 2.75) is 6.92 Å². The molecule has 2 aromatic carbocycles. The van der Waals surface area contributed by atoms with Gasteiger partial charge in [-0.1, -0.05) is 29.8 Å². The van der Waals surface area contributed by atoms with E-state index in [1.54, 1.807) is 30.5 Å². The highest BCUT2D eigenvalue weighted by Crippen LogP contribution is 2.34. The average Bonchev–Trinajstić information content (AvgIpc) is 2.84. The number of anilines is 4. The van der Waals surface area contributed by atoms with Gasteiger partial charge in [-0.15, -0.1) is 0 Å². The Hall–Kier alpha value is -4.37. The molecule has 0 spiro atoms. The first-order valence-corrected chi connectivity index (χ1v) is 10.6. The van der Waals surface area contributed by atoms with Crippen LogP contribution in [0.1, 0.15) is 15.9 Å². The first-order valence-electron chi connectivity index (χ1n) is 10.2. The molecule has 10 heteroatoms. The van der Waals surface area contributed by atoms with E-state index >= 15 is 0 Å². The first-order chi connectivity index (χ1) is 16.4. The summed E-state index contributed by atoms with van der Waals surface area (Å²) in [5.74, 6) is -0.345. The van der Waals surface area contributed by atoms with Crippen LogP contribution in [0.5, 0.6) is 0 Å². The van der Waals surface area contributed by atoms with Crippen LogP contribution in [0.4, 0.5) is 27.4 Å². The van der Waals surface area contributed by atoms with Gasteiger partial charge in [-0.05, 0) is 36.8 Å². The van der Waals surface area contributed by atoms with Crippen LogP contribution in [0.2, 0.25) is 5.02 Å². The monoisotopic (exact) mass is 473 g/mol. The van der Waals surface area contributed by atoms with Gasteiger partial charge >= 0.3 is 0 Å². The van der Waals surface area contributed by atoms with E-state index < -0.39 is 5.82 Å². The number of hydrogen-bond acceptors (Lipinski definition) is 7. The average molecular weight is 474 g/mol. The van der Waals surface area contributed by atoms with Gasteiger partial charge in [0.15, 0.2) is 11.6 Å². The standard InChI is InChI=1S/C24H17ClFN7O/c1-12-5-6-14-13(7-10-29-23(14)32-17-4-2-3-16(25)18(17)26)19(12)33-24(34)15-8-9-28-21-20(15)30-11-31-22(21)27/h2-11H,1H3,(H,29,32)(H,33,34)(H2,27,30,31). The predicted molar refractivity (Wildman–Crippen MR) is 131 cm³/mol. The van der Waals surface area contributed by atoms with E-state index in [4.69, 9.17) is 17.3 Å². The zero-order valence-electron chi connectivity index (χ0n) is 17.8. The Morgan fingerprint density at radius 2 is 1.79 bits per heavy atom. The van der Waals surface area contributed by atoms with Crippen LogP contribution in [-0.2, 0) is 0 Å². The first kappa shape index (κ1) is 21.5. The summed E-state index contributed by atoms with van der Waals surface area (Å²) in [5, 5.41) is 7.38. The second-order valence-corrected chi connectivity index (χ2v) is 7.91. The number of aryl methyl sites for hydroxylation is 1. The predicted octanol–water partition coefficient (Wildman–Crippen LogP) is 5.25. The van der Waals surface area contributed by atoms with Crippen molar-refractivity contribution in [2.24, 2.45) is 0 Å². The van der Waals surface area contributed by atoms with Gasteiger partial charge in [-0.2, -0.15) is 0 Å². The summed E-state index contributed by atoms with van der Waals surface area (Å²) in [7, 11) is 0. The molecule has 0 saturated heterocycles. The Morgan fingerprint density at radius 1 is 0.971 bits per heavy atom. The lowest BCUT2D eigenvalue weighted by molar-refractivity contribution is 0.102. The molecule has 3 aromatic heterocycles.